The normalized spacial score (nSPS) is 35.8. The molecule has 0 amide bonds. The number of carboxylic acid groups (broad SMARTS) is 1. The van der Waals surface area contributed by atoms with Gasteiger partial charge in [-0.3, -0.25) is 9.80 Å². The van der Waals surface area contributed by atoms with E-state index in [0.717, 1.165) is 19.3 Å². The minimum Gasteiger partial charge on any atom is -0.481 e. The van der Waals surface area contributed by atoms with Crippen LogP contribution in [0.5, 0.6) is 0 Å². The van der Waals surface area contributed by atoms with Crippen molar-refractivity contribution in [3.8, 4) is 0 Å². The Kier molecular flexibility index (Phi) is 2.39. The SMILES string of the molecule is CN1N=NC2CC(CC(=O)O)CCC21. The molecule has 3 atom stereocenters. The number of hydrogen-bond acceptors (Lipinski definition) is 4. The Morgan fingerprint density at radius 2 is 2.36 bits per heavy atom. The molecule has 1 heterocycles. The number of nitrogens with zero attached hydrogens (tertiary/aromatic N) is 3. The summed E-state index contributed by atoms with van der Waals surface area (Å²) in [5.74, 6) is -0.407. The molecule has 0 saturated heterocycles. The van der Waals surface area contributed by atoms with Gasteiger partial charge in [0.15, 0.2) is 0 Å². The first-order valence-electron chi connectivity index (χ1n) is 5.02. The van der Waals surface area contributed by atoms with Gasteiger partial charge in [0.05, 0.1) is 12.1 Å². The summed E-state index contributed by atoms with van der Waals surface area (Å²) in [6.07, 6.45) is 3.17. The molecule has 3 unspecified atom stereocenters. The van der Waals surface area contributed by atoms with Crippen LogP contribution in [0.2, 0.25) is 0 Å². The molecule has 1 aliphatic heterocycles. The van der Waals surface area contributed by atoms with Gasteiger partial charge in [0.1, 0.15) is 0 Å². The monoisotopic (exact) mass is 197 g/mol. The first-order chi connectivity index (χ1) is 6.66. The topological polar surface area (TPSA) is 65.3 Å². The van der Waals surface area contributed by atoms with Gasteiger partial charge < -0.3 is 5.11 Å². The summed E-state index contributed by atoms with van der Waals surface area (Å²) >= 11 is 0. The van der Waals surface area contributed by atoms with Gasteiger partial charge in [0.2, 0.25) is 0 Å². The van der Waals surface area contributed by atoms with Gasteiger partial charge in [0.25, 0.3) is 0 Å². The van der Waals surface area contributed by atoms with E-state index in [1.165, 1.54) is 0 Å². The highest BCUT2D eigenvalue weighted by Crippen LogP contribution is 2.34. The maximum Gasteiger partial charge on any atom is 0.303 e. The van der Waals surface area contributed by atoms with Crippen LogP contribution in [-0.2, 0) is 4.79 Å². The second-order valence-corrected chi connectivity index (χ2v) is 4.19. The Bertz CT molecular complexity index is 267. The van der Waals surface area contributed by atoms with Gasteiger partial charge in [0, 0.05) is 13.5 Å². The van der Waals surface area contributed by atoms with Crippen molar-refractivity contribution in [3.05, 3.63) is 0 Å². The van der Waals surface area contributed by atoms with Crippen molar-refractivity contribution >= 4 is 5.97 Å². The summed E-state index contributed by atoms with van der Waals surface area (Å²) in [4.78, 5) is 10.6. The van der Waals surface area contributed by atoms with Gasteiger partial charge in [-0.1, -0.05) is 5.22 Å². The predicted octanol–water partition coefficient (Wildman–Crippen LogP) is 1.31. The molecule has 0 aromatic heterocycles. The summed E-state index contributed by atoms with van der Waals surface area (Å²) in [5.41, 5.74) is 0. The van der Waals surface area contributed by atoms with E-state index in [2.05, 4.69) is 10.3 Å². The predicted molar refractivity (Wildman–Crippen MR) is 49.8 cm³/mol. The molecule has 1 N–H and O–H groups in total. The minimum absolute atomic E-state index is 0.234. The van der Waals surface area contributed by atoms with Crippen LogP contribution in [0.3, 0.4) is 0 Å². The quantitative estimate of drug-likeness (QED) is 0.725. The van der Waals surface area contributed by atoms with Crippen LogP contribution >= 0.6 is 0 Å². The van der Waals surface area contributed by atoms with Gasteiger partial charge >= 0.3 is 5.97 Å². The van der Waals surface area contributed by atoms with E-state index >= 15 is 0 Å². The Labute approximate surface area is 82.8 Å². The minimum atomic E-state index is -0.697. The molecule has 78 valence electrons. The van der Waals surface area contributed by atoms with Crippen LogP contribution in [0, 0.1) is 5.92 Å². The molecule has 2 rings (SSSR count). The molecule has 2 aliphatic rings. The van der Waals surface area contributed by atoms with Crippen LogP contribution in [0.25, 0.3) is 0 Å². The molecule has 5 heteroatoms. The molecule has 1 fully saturated rings. The van der Waals surface area contributed by atoms with Crippen molar-refractivity contribution in [3.63, 3.8) is 0 Å². The molecule has 0 aromatic carbocycles. The second kappa shape index (κ2) is 3.55. The van der Waals surface area contributed by atoms with Crippen molar-refractivity contribution in [1.82, 2.24) is 5.01 Å². The van der Waals surface area contributed by atoms with E-state index in [1.807, 2.05) is 12.1 Å². The van der Waals surface area contributed by atoms with Crippen molar-refractivity contribution in [2.24, 2.45) is 16.3 Å². The summed E-state index contributed by atoms with van der Waals surface area (Å²) in [5, 5.41) is 18.8. The van der Waals surface area contributed by atoms with Crippen LogP contribution < -0.4 is 0 Å². The van der Waals surface area contributed by atoms with Gasteiger partial charge in [-0.05, 0) is 25.2 Å². The third-order valence-corrected chi connectivity index (χ3v) is 3.17. The molecular weight excluding hydrogens is 182 g/mol. The molecular formula is C9H15N3O2. The van der Waals surface area contributed by atoms with Crippen molar-refractivity contribution in [1.29, 1.82) is 0 Å². The number of carboxylic acids is 1. The van der Waals surface area contributed by atoms with E-state index < -0.39 is 5.97 Å². The number of likely N-dealkylation sites (N-methyl/N-ethyl adjacent to an activating group) is 1. The Morgan fingerprint density at radius 3 is 3.07 bits per heavy atom. The number of rotatable bonds is 2. The third kappa shape index (κ3) is 1.71. The fraction of sp³-hybridized carbons (Fsp3) is 0.889. The Balaban J connectivity index is 1.92. The lowest BCUT2D eigenvalue weighted by Gasteiger charge is -2.31. The van der Waals surface area contributed by atoms with E-state index in [4.69, 9.17) is 5.11 Å². The Hall–Kier alpha value is -1.13. The van der Waals surface area contributed by atoms with Crippen LogP contribution in [0.15, 0.2) is 10.3 Å². The second-order valence-electron chi connectivity index (χ2n) is 4.19. The standard InChI is InChI=1S/C9H15N3O2/c1-12-8-3-2-6(5-9(13)14)4-7(8)10-11-12/h6-8H,2-5H2,1H3,(H,13,14). The Morgan fingerprint density at radius 1 is 1.57 bits per heavy atom. The third-order valence-electron chi connectivity index (χ3n) is 3.17. The molecule has 1 saturated carbocycles. The van der Waals surface area contributed by atoms with Crippen molar-refractivity contribution in [2.45, 2.75) is 37.8 Å². The van der Waals surface area contributed by atoms with E-state index in [1.54, 1.807) is 0 Å². The van der Waals surface area contributed by atoms with Crippen molar-refractivity contribution in [2.75, 3.05) is 7.05 Å². The number of hydrogen-bond donors (Lipinski definition) is 1. The molecule has 0 radical (unpaired) electrons. The fourth-order valence-electron chi connectivity index (χ4n) is 2.42. The van der Waals surface area contributed by atoms with Crippen LogP contribution in [0.4, 0.5) is 0 Å². The molecule has 0 spiro atoms. The largest absolute Gasteiger partial charge is 0.481 e. The zero-order chi connectivity index (χ0) is 10.1. The highest BCUT2D eigenvalue weighted by atomic mass is 16.4. The summed E-state index contributed by atoms with van der Waals surface area (Å²) in [7, 11) is 1.94. The molecule has 5 nitrogen and oxygen atoms in total. The lowest BCUT2D eigenvalue weighted by molar-refractivity contribution is -0.138. The van der Waals surface area contributed by atoms with Crippen LogP contribution in [0.1, 0.15) is 25.7 Å². The first-order valence-corrected chi connectivity index (χ1v) is 5.02. The van der Waals surface area contributed by atoms with Gasteiger partial charge in [-0.2, -0.15) is 5.11 Å². The number of aliphatic carboxylic acids is 1. The zero-order valence-electron chi connectivity index (χ0n) is 8.26. The summed E-state index contributed by atoms with van der Waals surface area (Å²) in [6, 6.07) is 0.651. The summed E-state index contributed by atoms with van der Waals surface area (Å²) < 4.78 is 0. The average molecular weight is 197 g/mol. The van der Waals surface area contributed by atoms with Crippen LogP contribution in [-0.4, -0.2) is 35.2 Å². The summed E-state index contributed by atoms with van der Waals surface area (Å²) in [6.45, 7) is 0. The average Bonchev–Trinajstić information content (AvgIpc) is 2.46. The van der Waals surface area contributed by atoms with E-state index in [0.29, 0.717) is 12.0 Å². The highest BCUT2D eigenvalue weighted by molar-refractivity contribution is 5.67. The molecule has 1 aliphatic carbocycles. The maximum atomic E-state index is 10.6. The lowest BCUT2D eigenvalue weighted by atomic mass is 9.81. The number of fused-ring (bicyclic) bond motifs is 1. The van der Waals surface area contributed by atoms with Gasteiger partial charge in [-0.25, -0.2) is 0 Å². The smallest absolute Gasteiger partial charge is 0.303 e. The van der Waals surface area contributed by atoms with Crippen molar-refractivity contribution < 1.29 is 9.90 Å². The van der Waals surface area contributed by atoms with Gasteiger partial charge in [-0.15, -0.1) is 0 Å². The first kappa shape index (κ1) is 9.43. The number of carbonyl (C=O) groups is 1. The highest BCUT2D eigenvalue weighted by Gasteiger charge is 2.36. The fourth-order valence-corrected chi connectivity index (χ4v) is 2.42. The maximum absolute atomic E-state index is 10.6. The molecule has 0 bridgehead atoms. The van der Waals surface area contributed by atoms with E-state index in [-0.39, 0.29) is 12.5 Å². The molecule has 14 heavy (non-hydrogen) atoms. The molecule has 0 aromatic rings. The lowest BCUT2D eigenvalue weighted by Crippen LogP contribution is -2.38. The van der Waals surface area contributed by atoms with E-state index in [9.17, 15) is 4.79 Å². The zero-order valence-corrected chi connectivity index (χ0v) is 8.26.